The van der Waals surface area contributed by atoms with Crippen molar-refractivity contribution in [1.29, 1.82) is 0 Å². The maximum atomic E-state index is 12.9. The van der Waals surface area contributed by atoms with Gasteiger partial charge in [-0.2, -0.15) is 4.31 Å². The summed E-state index contributed by atoms with van der Waals surface area (Å²) in [6.45, 7) is 4.57. The lowest BCUT2D eigenvalue weighted by Crippen LogP contribution is -2.40. The molecule has 0 unspecified atom stereocenters. The van der Waals surface area contributed by atoms with Gasteiger partial charge in [0.1, 0.15) is 0 Å². The first-order valence-electron chi connectivity index (χ1n) is 8.28. The smallest absolute Gasteiger partial charge is 0.338 e. The van der Waals surface area contributed by atoms with Gasteiger partial charge in [-0.3, -0.25) is 10.1 Å². The Morgan fingerprint density at radius 3 is 2.59 bits per heavy atom. The molecule has 0 atom stereocenters. The minimum absolute atomic E-state index is 0.00987. The standard InChI is InChI=1S/C17H19N3O6S/c1-12-3-4-14(5-6-15-17(20(21)22)13(2)18-26-15)11-16(12)27(23,24)19-7-9-25-10-8-19/h3-6,11H,7-10H2,1-2H3. The Kier molecular flexibility index (Phi) is 5.40. The number of aromatic nitrogens is 1. The zero-order chi connectivity index (χ0) is 19.6. The largest absolute Gasteiger partial charge is 0.379 e. The molecular formula is C17H19N3O6S. The topological polar surface area (TPSA) is 116 Å². The first-order chi connectivity index (χ1) is 12.8. The van der Waals surface area contributed by atoms with Gasteiger partial charge in [0.2, 0.25) is 15.8 Å². The van der Waals surface area contributed by atoms with Crippen LogP contribution in [0.3, 0.4) is 0 Å². The van der Waals surface area contributed by atoms with Crippen molar-refractivity contribution < 1.29 is 22.6 Å². The van der Waals surface area contributed by atoms with Gasteiger partial charge in [0.05, 0.1) is 23.0 Å². The van der Waals surface area contributed by atoms with Crippen LogP contribution < -0.4 is 0 Å². The average Bonchev–Trinajstić information content (AvgIpc) is 3.02. The van der Waals surface area contributed by atoms with Gasteiger partial charge < -0.3 is 9.26 Å². The Morgan fingerprint density at radius 2 is 1.93 bits per heavy atom. The van der Waals surface area contributed by atoms with E-state index < -0.39 is 14.9 Å². The molecule has 1 aromatic heterocycles. The van der Waals surface area contributed by atoms with E-state index in [1.807, 2.05) is 0 Å². The van der Waals surface area contributed by atoms with Crippen LogP contribution in [-0.4, -0.2) is 49.1 Å². The second kappa shape index (κ2) is 7.59. The molecule has 9 nitrogen and oxygen atoms in total. The summed E-state index contributed by atoms with van der Waals surface area (Å²) in [5.41, 5.74) is 1.18. The number of nitro groups is 1. The van der Waals surface area contributed by atoms with Crippen LogP contribution in [0.1, 0.15) is 22.6 Å². The van der Waals surface area contributed by atoms with Crippen LogP contribution in [0, 0.1) is 24.0 Å². The first-order valence-corrected chi connectivity index (χ1v) is 9.72. The van der Waals surface area contributed by atoms with Crippen molar-refractivity contribution in [1.82, 2.24) is 9.46 Å². The third-order valence-corrected chi connectivity index (χ3v) is 6.31. The number of hydrogen-bond donors (Lipinski definition) is 0. The number of rotatable bonds is 5. The quantitative estimate of drug-likeness (QED) is 0.565. The van der Waals surface area contributed by atoms with E-state index in [0.29, 0.717) is 37.4 Å². The maximum absolute atomic E-state index is 12.9. The predicted molar refractivity (Wildman–Crippen MR) is 97.6 cm³/mol. The van der Waals surface area contributed by atoms with E-state index >= 15 is 0 Å². The molecule has 0 aliphatic carbocycles. The molecule has 1 fully saturated rings. The van der Waals surface area contributed by atoms with E-state index in [2.05, 4.69) is 5.16 Å². The molecular weight excluding hydrogens is 374 g/mol. The van der Waals surface area contributed by atoms with Crippen LogP contribution in [-0.2, 0) is 14.8 Å². The highest BCUT2D eigenvalue weighted by Crippen LogP contribution is 2.26. The molecule has 1 aromatic carbocycles. The molecule has 0 amide bonds. The van der Waals surface area contributed by atoms with Crippen LogP contribution in [0.2, 0.25) is 0 Å². The zero-order valence-corrected chi connectivity index (χ0v) is 15.7. The summed E-state index contributed by atoms with van der Waals surface area (Å²) in [6.07, 6.45) is 2.97. The third kappa shape index (κ3) is 3.92. The summed E-state index contributed by atoms with van der Waals surface area (Å²) < 4.78 is 37.4. The number of morpholine rings is 1. The Morgan fingerprint density at radius 1 is 1.22 bits per heavy atom. The Hall–Kier alpha value is -2.56. The molecule has 1 aliphatic rings. The van der Waals surface area contributed by atoms with E-state index in [1.165, 1.54) is 17.3 Å². The highest BCUT2D eigenvalue weighted by atomic mass is 32.2. The van der Waals surface area contributed by atoms with Crippen molar-refractivity contribution in [3.63, 3.8) is 0 Å². The van der Waals surface area contributed by atoms with Crippen molar-refractivity contribution in [2.45, 2.75) is 18.7 Å². The molecule has 3 rings (SSSR count). The van der Waals surface area contributed by atoms with Gasteiger partial charge in [-0.15, -0.1) is 0 Å². The number of aryl methyl sites for hydroxylation is 2. The van der Waals surface area contributed by atoms with Crippen LogP contribution >= 0.6 is 0 Å². The van der Waals surface area contributed by atoms with E-state index in [-0.39, 0.29) is 22.0 Å². The van der Waals surface area contributed by atoms with Crippen LogP contribution in [0.5, 0.6) is 0 Å². The molecule has 2 heterocycles. The molecule has 144 valence electrons. The van der Waals surface area contributed by atoms with Crippen molar-refractivity contribution in [2.24, 2.45) is 0 Å². The fraction of sp³-hybridized carbons (Fsp3) is 0.353. The van der Waals surface area contributed by atoms with Gasteiger partial charge in [0, 0.05) is 13.1 Å². The number of sulfonamides is 1. The number of benzene rings is 1. The highest BCUT2D eigenvalue weighted by Gasteiger charge is 2.28. The fourth-order valence-electron chi connectivity index (χ4n) is 2.81. The van der Waals surface area contributed by atoms with Gasteiger partial charge in [-0.05, 0) is 37.1 Å². The fourth-order valence-corrected chi connectivity index (χ4v) is 4.48. The van der Waals surface area contributed by atoms with Gasteiger partial charge in [-0.25, -0.2) is 8.42 Å². The molecule has 27 heavy (non-hydrogen) atoms. The van der Waals surface area contributed by atoms with Crippen molar-refractivity contribution in [3.8, 4) is 0 Å². The maximum Gasteiger partial charge on any atom is 0.338 e. The molecule has 0 saturated carbocycles. The van der Waals surface area contributed by atoms with Crippen molar-refractivity contribution >= 4 is 27.9 Å². The number of nitrogens with zero attached hydrogens (tertiary/aromatic N) is 3. The minimum atomic E-state index is -3.64. The summed E-state index contributed by atoms with van der Waals surface area (Å²) in [4.78, 5) is 10.7. The van der Waals surface area contributed by atoms with Gasteiger partial charge in [-0.1, -0.05) is 23.4 Å². The molecule has 1 aliphatic heterocycles. The molecule has 0 bridgehead atoms. The Balaban J connectivity index is 1.93. The molecule has 1 saturated heterocycles. The Labute approximate surface area is 156 Å². The zero-order valence-electron chi connectivity index (χ0n) is 14.9. The van der Waals surface area contributed by atoms with Gasteiger partial charge in [0.25, 0.3) is 0 Å². The second-order valence-electron chi connectivity index (χ2n) is 6.11. The SMILES string of the molecule is Cc1ccc(C=Cc2onc(C)c2[N+](=O)[O-])cc1S(=O)(=O)N1CCOCC1. The summed E-state index contributed by atoms with van der Waals surface area (Å²) >= 11 is 0. The molecule has 10 heteroatoms. The highest BCUT2D eigenvalue weighted by molar-refractivity contribution is 7.89. The summed E-state index contributed by atoms with van der Waals surface area (Å²) in [7, 11) is -3.64. The Bertz CT molecular complexity index is 990. The summed E-state index contributed by atoms with van der Waals surface area (Å²) in [6, 6.07) is 4.98. The molecule has 0 N–H and O–H groups in total. The lowest BCUT2D eigenvalue weighted by Gasteiger charge is -2.26. The minimum Gasteiger partial charge on any atom is -0.379 e. The second-order valence-corrected chi connectivity index (χ2v) is 8.02. The van der Waals surface area contributed by atoms with E-state index in [0.717, 1.165) is 0 Å². The van der Waals surface area contributed by atoms with Crippen LogP contribution in [0.25, 0.3) is 12.2 Å². The molecule has 0 radical (unpaired) electrons. The van der Waals surface area contributed by atoms with Crippen LogP contribution in [0.4, 0.5) is 5.69 Å². The molecule has 2 aromatic rings. The third-order valence-electron chi connectivity index (χ3n) is 4.27. The number of hydrogen-bond acceptors (Lipinski definition) is 7. The monoisotopic (exact) mass is 393 g/mol. The van der Waals surface area contributed by atoms with E-state index in [4.69, 9.17) is 9.26 Å². The van der Waals surface area contributed by atoms with Gasteiger partial charge >= 0.3 is 5.69 Å². The summed E-state index contributed by atoms with van der Waals surface area (Å²) in [5.74, 6) is 0.00987. The summed E-state index contributed by atoms with van der Waals surface area (Å²) in [5, 5.41) is 14.7. The lowest BCUT2D eigenvalue weighted by molar-refractivity contribution is -0.386. The number of ether oxygens (including phenoxy) is 1. The molecule has 0 spiro atoms. The van der Waals surface area contributed by atoms with Crippen molar-refractivity contribution in [2.75, 3.05) is 26.3 Å². The van der Waals surface area contributed by atoms with Crippen molar-refractivity contribution in [3.05, 3.63) is 50.9 Å². The predicted octanol–water partition coefficient (Wildman–Crippen LogP) is 2.39. The normalized spacial score (nSPS) is 16.1. The first kappa shape index (κ1) is 19.2. The lowest BCUT2D eigenvalue weighted by atomic mass is 10.1. The van der Waals surface area contributed by atoms with Gasteiger partial charge in [0.15, 0.2) is 5.69 Å². The van der Waals surface area contributed by atoms with Crippen LogP contribution in [0.15, 0.2) is 27.6 Å². The van der Waals surface area contributed by atoms with E-state index in [9.17, 15) is 18.5 Å². The average molecular weight is 393 g/mol. The van der Waals surface area contributed by atoms with E-state index in [1.54, 1.807) is 31.2 Å².